The number of halogens is 1. The Bertz CT molecular complexity index is 783. The molecule has 0 bridgehead atoms. The highest BCUT2D eigenvalue weighted by molar-refractivity contribution is 6.30. The van der Waals surface area contributed by atoms with Crippen molar-refractivity contribution in [3.8, 4) is 11.4 Å². The number of hydrogen-bond donors (Lipinski definition) is 0. The van der Waals surface area contributed by atoms with E-state index in [1.54, 1.807) is 6.07 Å². The number of carbonyl (C=O) groups excluding carboxylic acids is 1. The molecule has 0 N–H and O–H groups in total. The van der Waals surface area contributed by atoms with Crippen molar-refractivity contribution in [2.24, 2.45) is 5.92 Å². The first-order valence-corrected chi connectivity index (χ1v) is 9.86. The maximum Gasteiger partial charge on any atom is 0.272 e. The number of nitrogens with zero attached hydrogens (tertiary/aromatic N) is 4. The number of piperidine rings is 1. The number of aromatic nitrogens is 2. The molecule has 1 aliphatic heterocycles. The number of likely N-dealkylation sites (tertiary alicyclic amines) is 1. The van der Waals surface area contributed by atoms with Gasteiger partial charge in [-0.2, -0.15) is 0 Å². The molecule has 144 valence electrons. The molecule has 0 aliphatic carbocycles. The number of amides is 1. The number of hydrogen-bond acceptors (Lipinski definition) is 4. The number of carbonyl (C=O) groups is 1. The molecule has 1 amide bonds. The van der Waals surface area contributed by atoms with Crippen LogP contribution in [0.25, 0.3) is 11.4 Å². The van der Waals surface area contributed by atoms with Crippen LogP contribution in [-0.4, -0.2) is 59.4 Å². The number of benzene rings is 1. The van der Waals surface area contributed by atoms with Gasteiger partial charge in [-0.25, -0.2) is 9.97 Å². The summed E-state index contributed by atoms with van der Waals surface area (Å²) >= 11 is 5.96. The molecule has 1 fully saturated rings. The van der Waals surface area contributed by atoms with Crippen LogP contribution in [0.4, 0.5) is 0 Å². The van der Waals surface area contributed by atoms with Gasteiger partial charge in [-0.05, 0) is 83.1 Å². The molecule has 0 radical (unpaired) electrons. The molecule has 0 atom stereocenters. The standard InChI is InChI=1S/C21H27ClN4O/c1-15-14-19(24-20(23-15)17-4-6-18(22)7-5-17)21(27)26-12-9-16(10-13-26)8-11-25(2)3/h4-7,14,16H,8-13H2,1-3H3. The predicted molar refractivity (Wildman–Crippen MR) is 109 cm³/mol. The van der Waals surface area contributed by atoms with E-state index in [1.807, 2.05) is 36.1 Å². The van der Waals surface area contributed by atoms with Crippen LogP contribution < -0.4 is 0 Å². The van der Waals surface area contributed by atoms with E-state index in [0.717, 1.165) is 43.7 Å². The Morgan fingerprint density at radius 1 is 1.19 bits per heavy atom. The summed E-state index contributed by atoms with van der Waals surface area (Å²) in [5.74, 6) is 1.27. The van der Waals surface area contributed by atoms with Crippen molar-refractivity contribution in [2.45, 2.75) is 26.2 Å². The molecule has 1 saturated heterocycles. The van der Waals surface area contributed by atoms with Crippen molar-refractivity contribution in [3.05, 3.63) is 46.7 Å². The lowest BCUT2D eigenvalue weighted by Gasteiger charge is -2.32. The monoisotopic (exact) mass is 386 g/mol. The highest BCUT2D eigenvalue weighted by Crippen LogP contribution is 2.23. The van der Waals surface area contributed by atoms with E-state index in [2.05, 4.69) is 29.0 Å². The summed E-state index contributed by atoms with van der Waals surface area (Å²) in [5, 5.41) is 0.667. The predicted octanol–water partition coefficient (Wildman–Crippen LogP) is 3.91. The van der Waals surface area contributed by atoms with Crippen molar-refractivity contribution in [1.29, 1.82) is 0 Å². The summed E-state index contributed by atoms with van der Waals surface area (Å²) < 4.78 is 0. The second-order valence-corrected chi connectivity index (χ2v) is 7.99. The molecule has 0 unspecified atom stereocenters. The molecule has 5 nitrogen and oxygen atoms in total. The van der Waals surface area contributed by atoms with Gasteiger partial charge in [-0.1, -0.05) is 11.6 Å². The minimum absolute atomic E-state index is 0.00164. The minimum atomic E-state index is 0.00164. The van der Waals surface area contributed by atoms with E-state index in [-0.39, 0.29) is 5.91 Å². The van der Waals surface area contributed by atoms with Crippen molar-refractivity contribution in [2.75, 3.05) is 33.7 Å². The average molecular weight is 387 g/mol. The van der Waals surface area contributed by atoms with Crippen LogP contribution in [0.5, 0.6) is 0 Å². The van der Waals surface area contributed by atoms with E-state index >= 15 is 0 Å². The fraction of sp³-hybridized carbons (Fsp3) is 0.476. The average Bonchev–Trinajstić information content (AvgIpc) is 2.66. The van der Waals surface area contributed by atoms with E-state index in [1.165, 1.54) is 6.42 Å². The van der Waals surface area contributed by atoms with Gasteiger partial charge in [0.1, 0.15) is 5.69 Å². The maximum absolute atomic E-state index is 13.0. The van der Waals surface area contributed by atoms with E-state index in [0.29, 0.717) is 22.5 Å². The third kappa shape index (κ3) is 5.27. The summed E-state index contributed by atoms with van der Waals surface area (Å²) in [6.07, 6.45) is 3.32. The molecule has 2 aromatic rings. The van der Waals surface area contributed by atoms with E-state index in [9.17, 15) is 4.79 Å². The first-order chi connectivity index (χ1) is 12.9. The normalized spacial score (nSPS) is 15.4. The van der Waals surface area contributed by atoms with Gasteiger partial charge in [-0.3, -0.25) is 4.79 Å². The van der Waals surface area contributed by atoms with Gasteiger partial charge in [-0.15, -0.1) is 0 Å². The topological polar surface area (TPSA) is 49.3 Å². The fourth-order valence-corrected chi connectivity index (χ4v) is 3.56. The lowest BCUT2D eigenvalue weighted by atomic mass is 9.93. The third-order valence-electron chi connectivity index (χ3n) is 5.06. The first-order valence-electron chi connectivity index (χ1n) is 9.48. The Balaban J connectivity index is 1.69. The molecular formula is C21H27ClN4O. The van der Waals surface area contributed by atoms with Crippen LogP contribution in [0.3, 0.4) is 0 Å². The van der Waals surface area contributed by atoms with Gasteiger partial charge in [0.25, 0.3) is 5.91 Å². The van der Waals surface area contributed by atoms with Crippen LogP contribution in [0.15, 0.2) is 30.3 Å². The first kappa shape index (κ1) is 19.8. The molecule has 0 saturated carbocycles. The molecule has 3 rings (SSSR count). The zero-order valence-corrected chi connectivity index (χ0v) is 17.0. The summed E-state index contributed by atoms with van der Waals surface area (Å²) in [4.78, 5) is 26.1. The summed E-state index contributed by atoms with van der Waals surface area (Å²) in [6, 6.07) is 9.15. The second kappa shape index (κ2) is 8.81. The summed E-state index contributed by atoms with van der Waals surface area (Å²) in [5.41, 5.74) is 2.12. The van der Waals surface area contributed by atoms with Gasteiger partial charge < -0.3 is 9.80 Å². The van der Waals surface area contributed by atoms with Gasteiger partial charge in [0.2, 0.25) is 0 Å². The Morgan fingerprint density at radius 3 is 2.48 bits per heavy atom. The fourth-order valence-electron chi connectivity index (χ4n) is 3.43. The number of aryl methyl sites for hydroxylation is 1. The Kier molecular flexibility index (Phi) is 6.45. The highest BCUT2D eigenvalue weighted by atomic mass is 35.5. The molecule has 1 aromatic heterocycles. The highest BCUT2D eigenvalue weighted by Gasteiger charge is 2.25. The number of rotatable bonds is 5. The smallest absolute Gasteiger partial charge is 0.272 e. The van der Waals surface area contributed by atoms with Crippen molar-refractivity contribution in [3.63, 3.8) is 0 Å². The quantitative estimate of drug-likeness (QED) is 0.781. The second-order valence-electron chi connectivity index (χ2n) is 7.55. The Labute approximate surface area is 166 Å². The van der Waals surface area contributed by atoms with Crippen LogP contribution in [0.1, 0.15) is 35.4 Å². The lowest BCUT2D eigenvalue weighted by molar-refractivity contribution is 0.0677. The summed E-state index contributed by atoms with van der Waals surface area (Å²) in [6.45, 7) is 4.60. The lowest BCUT2D eigenvalue weighted by Crippen LogP contribution is -2.39. The van der Waals surface area contributed by atoms with E-state index in [4.69, 9.17) is 11.6 Å². The molecule has 27 heavy (non-hydrogen) atoms. The van der Waals surface area contributed by atoms with Crippen molar-refractivity contribution < 1.29 is 4.79 Å². The van der Waals surface area contributed by atoms with Crippen molar-refractivity contribution in [1.82, 2.24) is 19.8 Å². The Morgan fingerprint density at radius 2 is 1.85 bits per heavy atom. The van der Waals surface area contributed by atoms with Gasteiger partial charge in [0, 0.05) is 29.4 Å². The van der Waals surface area contributed by atoms with Crippen LogP contribution in [-0.2, 0) is 0 Å². The van der Waals surface area contributed by atoms with Crippen molar-refractivity contribution >= 4 is 17.5 Å². The summed E-state index contributed by atoms with van der Waals surface area (Å²) in [7, 11) is 4.21. The molecular weight excluding hydrogens is 360 g/mol. The molecule has 2 heterocycles. The Hall–Kier alpha value is -1.98. The van der Waals surface area contributed by atoms with E-state index < -0.39 is 0 Å². The van der Waals surface area contributed by atoms with Crippen LogP contribution >= 0.6 is 11.6 Å². The van der Waals surface area contributed by atoms with Crippen LogP contribution in [0, 0.1) is 12.8 Å². The molecule has 1 aromatic carbocycles. The van der Waals surface area contributed by atoms with Gasteiger partial charge in [0.05, 0.1) is 0 Å². The maximum atomic E-state index is 13.0. The largest absolute Gasteiger partial charge is 0.337 e. The minimum Gasteiger partial charge on any atom is -0.337 e. The zero-order valence-electron chi connectivity index (χ0n) is 16.3. The zero-order chi connectivity index (χ0) is 19.4. The SMILES string of the molecule is Cc1cc(C(=O)N2CCC(CCN(C)C)CC2)nc(-c2ccc(Cl)cc2)n1. The molecule has 1 aliphatic rings. The molecule has 0 spiro atoms. The van der Waals surface area contributed by atoms with Crippen LogP contribution in [0.2, 0.25) is 5.02 Å². The van der Waals surface area contributed by atoms with Gasteiger partial charge in [0.15, 0.2) is 5.82 Å². The molecule has 6 heteroatoms. The third-order valence-corrected chi connectivity index (χ3v) is 5.31. The van der Waals surface area contributed by atoms with Gasteiger partial charge >= 0.3 is 0 Å².